The van der Waals surface area contributed by atoms with Crippen molar-refractivity contribution in [3.8, 4) is 0 Å². The molecule has 3 nitrogen and oxygen atoms in total. The summed E-state index contributed by atoms with van der Waals surface area (Å²) in [6, 6.07) is 0. The molecule has 62 valence electrons. The minimum absolute atomic E-state index is 0.308. The zero-order valence-electron chi connectivity index (χ0n) is 6.29. The molecule has 0 aromatic rings. The second kappa shape index (κ2) is 2.62. The topological polar surface area (TPSA) is 35.5 Å². The second-order valence-corrected chi connectivity index (χ2v) is 3.79. The number of hydrogen-bond donors (Lipinski definition) is 0. The van der Waals surface area contributed by atoms with Crippen molar-refractivity contribution in [3.63, 3.8) is 0 Å². The van der Waals surface area contributed by atoms with Crippen LogP contribution >= 0.6 is 0 Å². The van der Waals surface area contributed by atoms with Crippen molar-refractivity contribution in [1.29, 1.82) is 0 Å². The fourth-order valence-electron chi connectivity index (χ4n) is 0.655. The number of ether oxygens (including phenoxy) is 2. The summed E-state index contributed by atoms with van der Waals surface area (Å²) in [5.74, 6) is -1.23. The van der Waals surface area contributed by atoms with E-state index in [2.05, 4.69) is 6.58 Å². The van der Waals surface area contributed by atoms with Crippen LogP contribution in [0.3, 0.4) is 0 Å². The van der Waals surface area contributed by atoms with Crippen LogP contribution in [0, 0.1) is 0 Å². The van der Waals surface area contributed by atoms with Gasteiger partial charge in [0.2, 0.25) is 0 Å². The molecule has 1 fully saturated rings. The van der Waals surface area contributed by atoms with Gasteiger partial charge in [-0.1, -0.05) is 0 Å². The third kappa shape index (κ3) is 1.82. The van der Waals surface area contributed by atoms with Crippen LogP contribution in [0.1, 0.15) is 13.8 Å². The van der Waals surface area contributed by atoms with Gasteiger partial charge in [0.15, 0.2) is 0 Å². The predicted octanol–water partition coefficient (Wildman–Crippen LogP) is 0.529. The van der Waals surface area contributed by atoms with E-state index in [4.69, 9.17) is 9.47 Å². The Morgan fingerprint density at radius 2 is 2.00 bits per heavy atom. The Labute approximate surface area is 74.8 Å². The molecule has 0 amide bonds. The van der Waals surface area contributed by atoms with E-state index in [9.17, 15) is 4.79 Å². The maximum atomic E-state index is 11.0. The Morgan fingerprint density at radius 3 is 2.45 bits per heavy atom. The molecule has 4 heteroatoms. The van der Waals surface area contributed by atoms with Crippen LogP contribution in [0.15, 0.2) is 12.2 Å². The maximum absolute atomic E-state index is 11.0. The zero-order valence-corrected chi connectivity index (χ0v) is 8.83. The Hall–Kier alpha value is -0.324. The van der Waals surface area contributed by atoms with Crippen molar-refractivity contribution in [1.82, 2.24) is 0 Å². The van der Waals surface area contributed by atoms with Gasteiger partial charge in [-0.25, -0.2) is 0 Å². The van der Waals surface area contributed by atoms with Crippen LogP contribution in [0.4, 0.5) is 0 Å². The molecule has 0 N–H and O–H groups in total. The number of esters is 1. The third-order valence-electron chi connectivity index (χ3n) is 1.15. The Kier molecular flexibility index (Phi) is 2.09. The first-order valence-corrected chi connectivity index (χ1v) is 4.32. The van der Waals surface area contributed by atoms with Gasteiger partial charge in [-0.15, -0.1) is 0 Å². The summed E-state index contributed by atoms with van der Waals surface area (Å²) < 4.78 is 10.7. The first kappa shape index (κ1) is 8.77. The van der Waals surface area contributed by atoms with Crippen molar-refractivity contribution < 1.29 is 32.4 Å². The van der Waals surface area contributed by atoms with Crippen LogP contribution in [0.25, 0.3) is 0 Å². The standard InChI is InChI=1S/C7H8O3.Os/c1-5-4-9-7(2,3)10-6(5)8;/h1H2,2-3H3;. The Balaban J connectivity index is 2.87. The van der Waals surface area contributed by atoms with Gasteiger partial charge in [-0.05, 0) is 0 Å². The average molecular weight is 330 g/mol. The minimum atomic E-state index is -0.838. The van der Waals surface area contributed by atoms with Crippen molar-refractivity contribution in [3.05, 3.63) is 12.2 Å². The summed E-state index contributed by atoms with van der Waals surface area (Å²) in [6.45, 7) is 6.88. The van der Waals surface area contributed by atoms with Crippen LogP contribution in [-0.4, -0.2) is 16.0 Å². The van der Waals surface area contributed by atoms with Gasteiger partial charge in [0.05, 0.1) is 0 Å². The normalized spacial score (nSPS) is 23.4. The summed E-state index contributed by atoms with van der Waals surface area (Å²) in [5, 5.41) is 0. The molecule has 0 bridgehead atoms. The van der Waals surface area contributed by atoms with Crippen LogP contribution in [0.5, 0.6) is 0 Å². The van der Waals surface area contributed by atoms with Gasteiger partial charge >= 0.3 is 74.4 Å². The van der Waals surface area contributed by atoms with E-state index in [1.165, 1.54) is 18.1 Å². The molecular formula is C7H8O3Os. The quantitative estimate of drug-likeness (QED) is 0.480. The summed E-state index contributed by atoms with van der Waals surface area (Å²) in [4.78, 5) is 11.0. The van der Waals surface area contributed by atoms with Crippen LogP contribution in [-0.2, 0) is 32.4 Å². The molecule has 1 aliphatic rings. The SMILES string of the molecule is C=C1C(=O)OC(C)(C)O[C]1=[Os]. The Morgan fingerprint density at radius 1 is 1.45 bits per heavy atom. The van der Waals surface area contributed by atoms with Gasteiger partial charge in [-0.3, -0.25) is 0 Å². The van der Waals surface area contributed by atoms with Crippen molar-refractivity contribution >= 4 is 10.2 Å². The number of cyclic esters (lactones) is 1. The summed E-state index contributed by atoms with van der Waals surface area (Å²) in [7, 11) is 0. The van der Waals surface area contributed by atoms with E-state index in [1.807, 2.05) is 0 Å². The van der Waals surface area contributed by atoms with Crippen molar-refractivity contribution in [2.24, 2.45) is 0 Å². The molecule has 0 aromatic heterocycles. The summed E-state index contributed by atoms with van der Waals surface area (Å²) in [5.41, 5.74) is 0.308. The van der Waals surface area contributed by atoms with Crippen LogP contribution in [0.2, 0.25) is 0 Å². The predicted molar refractivity (Wildman–Crippen MR) is 35.4 cm³/mol. The van der Waals surface area contributed by atoms with Crippen molar-refractivity contribution in [2.45, 2.75) is 19.6 Å². The molecule has 1 rings (SSSR count). The zero-order chi connectivity index (χ0) is 8.65. The molecule has 0 radical (unpaired) electrons. The van der Waals surface area contributed by atoms with Gasteiger partial charge in [0.1, 0.15) is 0 Å². The van der Waals surface area contributed by atoms with Gasteiger partial charge < -0.3 is 0 Å². The van der Waals surface area contributed by atoms with Gasteiger partial charge in [0.25, 0.3) is 0 Å². The van der Waals surface area contributed by atoms with E-state index in [0.29, 0.717) is 9.82 Å². The van der Waals surface area contributed by atoms with Gasteiger partial charge in [-0.2, -0.15) is 0 Å². The molecule has 11 heavy (non-hydrogen) atoms. The first-order valence-electron chi connectivity index (χ1n) is 3.05. The van der Waals surface area contributed by atoms with Gasteiger partial charge in [0, 0.05) is 0 Å². The number of hydrogen-bond acceptors (Lipinski definition) is 3. The third-order valence-corrected chi connectivity index (χ3v) is 2.17. The first-order chi connectivity index (χ1) is 4.92. The molecular weight excluding hydrogens is 322 g/mol. The fraction of sp³-hybridized carbons (Fsp3) is 0.429. The number of rotatable bonds is 0. The molecule has 0 atom stereocenters. The molecule has 1 heterocycles. The number of carbonyl (C=O) groups excluding carboxylic acids is 1. The number of carbonyl (C=O) groups is 1. The van der Waals surface area contributed by atoms with E-state index in [0.717, 1.165) is 0 Å². The molecule has 0 aliphatic carbocycles. The average Bonchev–Trinajstić information content (AvgIpc) is 1.81. The molecule has 0 unspecified atom stereocenters. The van der Waals surface area contributed by atoms with E-state index in [1.54, 1.807) is 13.8 Å². The Bertz CT molecular complexity index is 220. The van der Waals surface area contributed by atoms with E-state index < -0.39 is 11.8 Å². The van der Waals surface area contributed by atoms with Crippen LogP contribution < -0.4 is 0 Å². The summed E-state index contributed by atoms with van der Waals surface area (Å²) in [6.07, 6.45) is 0. The second-order valence-electron chi connectivity index (χ2n) is 2.63. The molecule has 0 saturated carbocycles. The monoisotopic (exact) mass is 332 g/mol. The van der Waals surface area contributed by atoms with Crippen molar-refractivity contribution in [2.75, 3.05) is 0 Å². The molecule has 0 spiro atoms. The van der Waals surface area contributed by atoms with E-state index >= 15 is 0 Å². The fourth-order valence-corrected chi connectivity index (χ4v) is 1.54. The van der Waals surface area contributed by atoms with E-state index in [-0.39, 0.29) is 0 Å². The molecule has 1 aliphatic heterocycles. The molecule has 0 aromatic carbocycles. The summed E-state index contributed by atoms with van der Waals surface area (Å²) >= 11 is 1.50. The molecule has 1 saturated heterocycles.